The molecule has 0 spiro atoms. The molecule has 9 heteroatoms. The summed E-state index contributed by atoms with van der Waals surface area (Å²) in [6.07, 6.45) is 3.54. The summed E-state index contributed by atoms with van der Waals surface area (Å²) in [7, 11) is 3.92. The van der Waals surface area contributed by atoms with Crippen molar-refractivity contribution in [2.45, 2.75) is 13.1 Å². The molecule has 1 saturated heterocycles. The Bertz CT molecular complexity index is 1000. The highest BCUT2D eigenvalue weighted by molar-refractivity contribution is 14.0. The average Bonchev–Trinajstić information content (AvgIpc) is 3.30. The summed E-state index contributed by atoms with van der Waals surface area (Å²) in [6.45, 7) is 5.25. The van der Waals surface area contributed by atoms with Gasteiger partial charge in [0.15, 0.2) is 5.96 Å². The maximum atomic E-state index is 5.61. The smallest absolute Gasteiger partial charge is 0.226 e. The molecule has 0 unspecified atom stereocenters. The number of oxazole rings is 1. The summed E-state index contributed by atoms with van der Waals surface area (Å²) in [6, 6.07) is 14.0. The Morgan fingerprint density at radius 3 is 2.53 bits per heavy atom. The summed E-state index contributed by atoms with van der Waals surface area (Å²) >= 11 is 0. The second kappa shape index (κ2) is 11.8. The molecule has 4 rings (SSSR count). The first-order valence-corrected chi connectivity index (χ1v) is 10.5. The number of aliphatic imine (C=N–C) groups is 1. The molecule has 1 aliphatic heterocycles. The fourth-order valence-electron chi connectivity index (χ4n) is 3.55. The average molecular weight is 547 g/mol. The quantitative estimate of drug-likeness (QED) is 0.279. The Kier molecular flexibility index (Phi) is 8.86. The third kappa shape index (κ3) is 6.19. The number of pyridine rings is 1. The largest absolute Gasteiger partial charge is 0.444 e. The van der Waals surface area contributed by atoms with Crippen LogP contribution in [0.4, 0.5) is 5.82 Å². The van der Waals surface area contributed by atoms with Gasteiger partial charge in [-0.15, -0.1) is 24.0 Å². The highest BCUT2D eigenvalue weighted by atomic mass is 127. The Labute approximate surface area is 206 Å². The van der Waals surface area contributed by atoms with E-state index in [1.165, 1.54) is 0 Å². The monoisotopic (exact) mass is 547 g/mol. The first-order chi connectivity index (χ1) is 15.2. The third-order valence-electron chi connectivity index (χ3n) is 5.35. The SMILES string of the molecule is CN=C(NCc1coc(-c2ccccc2)n1)NCc1cccnc1N1CCN(C)CC1.I. The Balaban J connectivity index is 0.00000289. The minimum Gasteiger partial charge on any atom is -0.444 e. The van der Waals surface area contributed by atoms with Crippen molar-refractivity contribution in [2.75, 3.05) is 45.2 Å². The highest BCUT2D eigenvalue weighted by Crippen LogP contribution is 2.19. The Morgan fingerprint density at radius 2 is 1.78 bits per heavy atom. The fourth-order valence-corrected chi connectivity index (χ4v) is 3.55. The van der Waals surface area contributed by atoms with Crippen molar-refractivity contribution in [3.8, 4) is 11.5 Å². The topological polar surface area (TPSA) is 81.8 Å². The zero-order valence-electron chi connectivity index (χ0n) is 18.5. The van der Waals surface area contributed by atoms with E-state index in [1.54, 1.807) is 13.3 Å². The van der Waals surface area contributed by atoms with Crippen molar-refractivity contribution < 1.29 is 4.42 Å². The molecular weight excluding hydrogens is 517 g/mol. The molecule has 3 heterocycles. The van der Waals surface area contributed by atoms with Crippen LogP contribution in [0.25, 0.3) is 11.5 Å². The van der Waals surface area contributed by atoms with Gasteiger partial charge in [0, 0.05) is 57.1 Å². The van der Waals surface area contributed by atoms with E-state index >= 15 is 0 Å². The van der Waals surface area contributed by atoms with Crippen LogP contribution in [0, 0.1) is 0 Å². The van der Waals surface area contributed by atoms with Gasteiger partial charge in [-0.05, 0) is 25.2 Å². The second-order valence-corrected chi connectivity index (χ2v) is 7.57. The van der Waals surface area contributed by atoms with Gasteiger partial charge < -0.3 is 24.9 Å². The fraction of sp³-hybridized carbons (Fsp3) is 0.348. The summed E-state index contributed by atoms with van der Waals surface area (Å²) < 4.78 is 5.61. The second-order valence-electron chi connectivity index (χ2n) is 7.57. The number of hydrogen-bond acceptors (Lipinski definition) is 6. The molecule has 1 aromatic carbocycles. The molecule has 0 radical (unpaired) electrons. The van der Waals surface area contributed by atoms with Gasteiger partial charge in [-0.25, -0.2) is 9.97 Å². The minimum atomic E-state index is 0. The van der Waals surface area contributed by atoms with Crippen LogP contribution in [0.2, 0.25) is 0 Å². The molecule has 8 nitrogen and oxygen atoms in total. The maximum Gasteiger partial charge on any atom is 0.226 e. The lowest BCUT2D eigenvalue weighted by Gasteiger charge is -2.34. The van der Waals surface area contributed by atoms with Crippen LogP contribution in [0.5, 0.6) is 0 Å². The predicted octanol–water partition coefficient (Wildman–Crippen LogP) is 2.97. The normalized spacial score (nSPS) is 14.7. The number of guanidine groups is 1. The summed E-state index contributed by atoms with van der Waals surface area (Å²) in [5.74, 6) is 2.37. The van der Waals surface area contributed by atoms with Gasteiger partial charge in [0.25, 0.3) is 0 Å². The number of halogens is 1. The van der Waals surface area contributed by atoms with Crippen molar-refractivity contribution in [1.29, 1.82) is 0 Å². The molecule has 0 aliphatic carbocycles. The van der Waals surface area contributed by atoms with Gasteiger partial charge in [0.05, 0.1) is 12.2 Å². The van der Waals surface area contributed by atoms with E-state index in [9.17, 15) is 0 Å². The number of piperazine rings is 1. The number of aromatic nitrogens is 2. The van der Waals surface area contributed by atoms with E-state index < -0.39 is 0 Å². The van der Waals surface area contributed by atoms with Crippen molar-refractivity contribution in [3.05, 3.63) is 66.2 Å². The van der Waals surface area contributed by atoms with E-state index in [0.29, 0.717) is 24.9 Å². The number of hydrogen-bond donors (Lipinski definition) is 2. The van der Waals surface area contributed by atoms with Crippen LogP contribution in [0.3, 0.4) is 0 Å². The van der Waals surface area contributed by atoms with Crippen LogP contribution in [0.15, 0.2) is 64.3 Å². The van der Waals surface area contributed by atoms with Crippen LogP contribution < -0.4 is 15.5 Å². The van der Waals surface area contributed by atoms with Gasteiger partial charge in [-0.2, -0.15) is 0 Å². The summed E-state index contributed by atoms with van der Waals surface area (Å²) in [5.41, 5.74) is 2.94. The van der Waals surface area contributed by atoms with Crippen LogP contribution in [-0.4, -0.2) is 61.1 Å². The van der Waals surface area contributed by atoms with Gasteiger partial charge in [0.2, 0.25) is 5.89 Å². The number of nitrogens with one attached hydrogen (secondary N) is 2. The van der Waals surface area contributed by atoms with Crippen molar-refractivity contribution in [1.82, 2.24) is 25.5 Å². The zero-order valence-corrected chi connectivity index (χ0v) is 20.8. The first-order valence-electron chi connectivity index (χ1n) is 10.5. The number of rotatable bonds is 6. The molecule has 2 N–H and O–H groups in total. The van der Waals surface area contributed by atoms with Crippen LogP contribution >= 0.6 is 24.0 Å². The Hall–Kier alpha value is -2.66. The standard InChI is InChI=1S/C23H29N7O.HI/c1-24-23(27-16-20-17-31-22(28-20)18-7-4-3-5-8-18)26-15-19-9-6-10-25-21(19)30-13-11-29(2)12-14-30;/h3-10,17H,11-16H2,1-2H3,(H2,24,26,27);1H. The predicted molar refractivity (Wildman–Crippen MR) is 138 cm³/mol. The lowest BCUT2D eigenvalue weighted by Crippen LogP contribution is -2.45. The molecule has 0 amide bonds. The number of anilines is 1. The van der Waals surface area contributed by atoms with E-state index in [1.807, 2.05) is 42.6 Å². The lowest BCUT2D eigenvalue weighted by atomic mass is 10.2. The van der Waals surface area contributed by atoms with Gasteiger partial charge in [0.1, 0.15) is 12.1 Å². The summed E-state index contributed by atoms with van der Waals surface area (Å²) in [5, 5.41) is 6.69. The third-order valence-corrected chi connectivity index (χ3v) is 5.35. The zero-order chi connectivity index (χ0) is 21.5. The molecule has 1 fully saturated rings. The van der Waals surface area contributed by atoms with Gasteiger partial charge in [-0.1, -0.05) is 24.3 Å². The van der Waals surface area contributed by atoms with Crippen molar-refractivity contribution >= 4 is 35.8 Å². The van der Waals surface area contributed by atoms with Crippen LogP contribution in [-0.2, 0) is 13.1 Å². The number of benzene rings is 1. The van der Waals surface area contributed by atoms with Crippen molar-refractivity contribution in [2.24, 2.45) is 4.99 Å². The van der Waals surface area contributed by atoms with E-state index in [-0.39, 0.29) is 24.0 Å². The molecule has 32 heavy (non-hydrogen) atoms. The molecule has 0 saturated carbocycles. The molecule has 0 bridgehead atoms. The van der Waals surface area contributed by atoms with E-state index in [4.69, 9.17) is 4.42 Å². The molecular formula is C23H30IN7O. The molecule has 2 aromatic heterocycles. The van der Waals surface area contributed by atoms with Gasteiger partial charge >= 0.3 is 0 Å². The Morgan fingerprint density at radius 1 is 1.03 bits per heavy atom. The van der Waals surface area contributed by atoms with E-state index in [2.05, 4.69) is 48.5 Å². The molecule has 170 valence electrons. The number of nitrogens with zero attached hydrogens (tertiary/aromatic N) is 5. The molecule has 0 atom stereocenters. The number of likely N-dealkylation sites (N-methyl/N-ethyl adjacent to an activating group) is 1. The summed E-state index contributed by atoms with van der Waals surface area (Å²) in [4.78, 5) is 18.2. The highest BCUT2D eigenvalue weighted by Gasteiger charge is 2.18. The van der Waals surface area contributed by atoms with Crippen molar-refractivity contribution in [3.63, 3.8) is 0 Å². The van der Waals surface area contributed by atoms with Crippen LogP contribution in [0.1, 0.15) is 11.3 Å². The first kappa shape index (κ1) is 24.0. The minimum absolute atomic E-state index is 0. The molecule has 3 aromatic rings. The molecule has 1 aliphatic rings. The maximum absolute atomic E-state index is 5.61. The van der Waals surface area contributed by atoms with E-state index in [0.717, 1.165) is 48.8 Å². The van der Waals surface area contributed by atoms with Gasteiger partial charge in [-0.3, -0.25) is 4.99 Å². The lowest BCUT2D eigenvalue weighted by molar-refractivity contribution is 0.312.